The Morgan fingerprint density at radius 2 is 1.80 bits per heavy atom. The van der Waals surface area contributed by atoms with E-state index >= 15 is 0 Å². The van der Waals surface area contributed by atoms with Gasteiger partial charge >= 0.3 is 10.4 Å². The van der Waals surface area contributed by atoms with E-state index < -0.39 is 10.4 Å². The zero-order valence-corrected chi connectivity index (χ0v) is 8.32. The lowest BCUT2D eigenvalue weighted by Crippen LogP contribution is -2.08. The second kappa shape index (κ2) is 2.64. The summed E-state index contributed by atoms with van der Waals surface area (Å²) in [4.78, 5) is 0. The van der Waals surface area contributed by atoms with Crippen LogP contribution >= 0.6 is 0 Å². The quantitative estimate of drug-likeness (QED) is 0.682. The van der Waals surface area contributed by atoms with Gasteiger partial charge in [0.15, 0.2) is 11.5 Å². The first-order valence-corrected chi connectivity index (χ1v) is 5.65. The smallest absolute Gasteiger partial charge is 0.349 e. The summed E-state index contributed by atoms with van der Waals surface area (Å²) in [6, 6.07) is 10.8. The third-order valence-electron chi connectivity index (χ3n) is 2.20. The molecule has 0 aromatic heterocycles. The van der Waals surface area contributed by atoms with E-state index in [4.69, 9.17) is 4.18 Å². The molecule has 0 aromatic rings. The average Bonchev–Trinajstić information content (AvgIpc) is 2.51. The largest absolute Gasteiger partial charge is 0.501 e. The molecule has 1 heterocycles. The van der Waals surface area contributed by atoms with Crippen LogP contribution in [0.5, 0.6) is 11.5 Å². The van der Waals surface area contributed by atoms with Gasteiger partial charge in [-0.3, -0.25) is 0 Å². The Morgan fingerprint density at radius 3 is 2.67 bits per heavy atom. The second-order valence-corrected chi connectivity index (χ2v) is 4.34. The minimum absolute atomic E-state index is 0.260. The van der Waals surface area contributed by atoms with E-state index in [0.717, 1.165) is 11.1 Å². The summed E-state index contributed by atoms with van der Waals surface area (Å²) in [5.41, 5.74) is 1.62. The fourth-order valence-corrected chi connectivity index (χ4v) is 2.36. The Kier molecular flexibility index (Phi) is 1.50. The van der Waals surface area contributed by atoms with E-state index in [9.17, 15) is 8.42 Å². The molecule has 0 radical (unpaired) electrons. The molecular weight excluding hydrogens is 216 g/mol. The molecular formula is C10H6O4S. The van der Waals surface area contributed by atoms with Gasteiger partial charge in [0.05, 0.1) is 0 Å². The molecule has 1 aliphatic heterocycles. The maximum absolute atomic E-state index is 11.0. The number of fused-ring (bicyclic) bond motifs is 3. The molecule has 76 valence electrons. The molecule has 3 aliphatic rings. The van der Waals surface area contributed by atoms with Crippen LogP contribution in [0.15, 0.2) is 36.4 Å². The highest BCUT2D eigenvalue weighted by Crippen LogP contribution is 2.47. The van der Waals surface area contributed by atoms with Crippen molar-refractivity contribution in [1.82, 2.24) is 0 Å². The van der Waals surface area contributed by atoms with Gasteiger partial charge in [0.25, 0.3) is 0 Å². The molecule has 15 heavy (non-hydrogen) atoms. The van der Waals surface area contributed by atoms with Crippen LogP contribution in [-0.4, -0.2) is 8.42 Å². The van der Waals surface area contributed by atoms with Gasteiger partial charge in [-0.1, -0.05) is 30.3 Å². The highest BCUT2D eigenvalue weighted by molar-refractivity contribution is 7.82. The molecule has 4 nitrogen and oxygen atoms in total. The van der Waals surface area contributed by atoms with E-state index in [1.807, 2.05) is 24.3 Å². The number of rotatable bonds is 0. The first-order chi connectivity index (χ1) is 7.16. The van der Waals surface area contributed by atoms with Crippen LogP contribution in [0.2, 0.25) is 0 Å². The van der Waals surface area contributed by atoms with Crippen molar-refractivity contribution >= 4 is 10.4 Å². The molecule has 0 unspecified atom stereocenters. The van der Waals surface area contributed by atoms with Crippen molar-refractivity contribution in [3.8, 4) is 22.6 Å². The predicted octanol–water partition coefficient (Wildman–Crippen LogP) is 1.81. The predicted molar refractivity (Wildman–Crippen MR) is 53.2 cm³/mol. The van der Waals surface area contributed by atoms with Gasteiger partial charge in [-0.05, 0) is 11.6 Å². The number of hydrogen-bond donors (Lipinski definition) is 0. The average molecular weight is 222 g/mol. The fourth-order valence-electron chi connectivity index (χ4n) is 1.61. The minimum Gasteiger partial charge on any atom is -0.349 e. The van der Waals surface area contributed by atoms with Crippen molar-refractivity contribution in [2.75, 3.05) is 0 Å². The number of hydrogen-bond acceptors (Lipinski definition) is 4. The van der Waals surface area contributed by atoms with Crippen LogP contribution in [0.3, 0.4) is 0 Å². The summed E-state index contributed by atoms with van der Waals surface area (Å²) >= 11 is 0. The molecule has 5 heteroatoms. The van der Waals surface area contributed by atoms with Gasteiger partial charge in [-0.2, -0.15) is 0 Å². The highest BCUT2D eigenvalue weighted by atomic mass is 32.3. The van der Waals surface area contributed by atoms with E-state index in [0.29, 0.717) is 0 Å². The van der Waals surface area contributed by atoms with E-state index in [1.54, 1.807) is 12.1 Å². The standard InChI is InChI=1S/C10H6O4S/c11-15(12)13-9-6-7-4-2-1-3-5-8(7)10(9)14-15/h1-6H. The lowest BCUT2D eigenvalue weighted by Gasteiger charge is -1.96. The van der Waals surface area contributed by atoms with Gasteiger partial charge in [0.1, 0.15) is 0 Å². The third-order valence-corrected chi connectivity index (χ3v) is 2.96. The molecule has 0 atom stereocenters. The summed E-state index contributed by atoms with van der Waals surface area (Å²) in [6.07, 6.45) is 0. The van der Waals surface area contributed by atoms with E-state index in [-0.39, 0.29) is 11.5 Å². The van der Waals surface area contributed by atoms with Gasteiger partial charge in [0, 0.05) is 5.56 Å². The Morgan fingerprint density at radius 1 is 1.00 bits per heavy atom. The fraction of sp³-hybridized carbons (Fsp3) is 0. The summed E-state index contributed by atoms with van der Waals surface area (Å²) in [5, 5.41) is 0. The topological polar surface area (TPSA) is 52.6 Å². The first-order valence-electron chi connectivity index (χ1n) is 4.31. The molecule has 3 rings (SSSR count). The summed E-state index contributed by atoms with van der Waals surface area (Å²) < 4.78 is 31.5. The molecule has 0 N–H and O–H groups in total. The second-order valence-electron chi connectivity index (χ2n) is 3.19. The lowest BCUT2D eigenvalue weighted by molar-refractivity contribution is 0.436. The maximum atomic E-state index is 11.0. The highest BCUT2D eigenvalue weighted by Gasteiger charge is 2.33. The minimum atomic E-state index is -3.88. The van der Waals surface area contributed by atoms with Crippen molar-refractivity contribution in [1.29, 1.82) is 0 Å². The van der Waals surface area contributed by atoms with Crippen LogP contribution in [0, 0.1) is 0 Å². The Bertz CT molecular complexity index is 603. The van der Waals surface area contributed by atoms with Crippen molar-refractivity contribution < 1.29 is 16.8 Å². The van der Waals surface area contributed by atoms with Crippen LogP contribution < -0.4 is 8.37 Å². The van der Waals surface area contributed by atoms with Gasteiger partial charge in [-0.25, -0.2) is 0 Å². The summed E-state index contributed by atoms with van der Waals surface area (Å²) in [5.74, 6) is 0.539. The van der Waals surface area contributed by atoms with Crippen molar-refractivity contribution in [3.63, 3.8) is 0 Å². The van der Waals surface area contributed by atoms with E-state index in [2.05, 4.69) is 4.18 Å². The van der Waals surface area contributed by atoms with Gasteiger partial charge < -0.3 is 8.37 Å². The molecule has 0 amide bonds. The lowest BCUT2D eigenvalue weighted by atomic mass is 10.2. The zero-order valence-electron chi connectivity index (χ0n) is 7.51. The molecule has 0 aromatic carbocycles. The van der Waals surface area contributed by atoms with Crippen molar-refractivity contribution in [2.24, 2.45) is 0 Å². The first kappa shape index (κ1) is 8.55. The Balaban J connectivity index is 2.31. The van der Waals surface area contributed by atoms with Crippen LogP contribution in [0.4, 0.5) is 0 Å². The van der Waals surface area contributed by atoms with Crippen LogP contribution in [0.25, 0.3) is 11.1 Å². The molecule has 2 aliphatic carbocycles. The SMILES string of the molecule is O=S1(=O)Oc2cc3cccccc-3c2O1. The Labute approximate surface area is 86.7 Å². The normalized spacial score (nSPS) is 16.8. The van der Waals surface area contributed by atoms with Crippen LogP contribution in [0.1, 0.15) is 0 Å². The van der Waals surface area contributed by atoms with Crippen molar-refractivity contribution in [2.45, 2.75) is 0 Å². The third kappa shape index (κ3) is 1.24. The summed E-state index contributed by atoms with van der Waals surface area (Å²) in [6.45, 7) is 0. The van der Waals surface area contributed by atoms with Gasteiger partial charge in [-0.15, -0.1) is 8.42 Å². The molecule has 0 saturated carbocycles. The zero-order chi connectivity index (χ0) is 10.5. The molecule has 0 fully saturated rings. The molecule has 0 saturated heterocycles. The molecule has 0 spiro atoms. The van der Waals surface area contributed by atoms with E-state index in [1.165, 1.54) is 0 Å². The summed E-state index contributed by atoms with van der Waals surface area (Å²) in [7, 11) is -3.88. The van der Waals surface area contributed by atoms with Crippen molar-refractivity contribution in [3.05, 3.63) is 36.4 Å². The maximum Gasteiger partial charge on any atom is 0.501 e. The van der Waals surface area contributed by atoms with Crippen LogP contribution in [-0.2, 0) is 10.4 Å². The molecule has 0 bridgehead atoms. The monoisotopic (exact) mass is 222 g/mol. The Hall–Kier alpha value is -1.75. The van der Waals surface area contributed by atoms with Gasteiger partial charge in [0.2, 0.25) is 0 Å².